The van der Waals surface area contributed by atoms with Crippen LogP contribution in [0.4, 0.5) is 13.2 Å². The molecule has 1 aromatic carbocycles. The van der Waals surface area contributed by atoms with Crippen LogP contribution in [0.5, 0.6) is 0 Å². The van der Waals surface area contributed by atoms with Crippen LogP contribution >= 0.6 is 11.3 Å². The Bertz CT molecular complexity index is 1010. The molecule has 28 heavy (non-hydrogen) atoms. The van der Waals surface area contributed by atoms with E-state index < -0.39 is 21.8 Å². The van der Waals surface area contributed by atoms with Crippen molar-refractivity contribution in [1.82, 2.24) is 8.87 Å². The molecular formula is C19H19F3N2O2S2. The molecule has 2 aromatic heterocycles. The summed E-state index contributed by atoms with van der Waals surface area (Å²) in [5, 5.41) is 1.87. The van der Waals surface area contributed by atoms with Crippen LogP contribution in [0.25, 0.3) is 0 Å². The van der Waals surface area contributed by atoms with Crippen LogP contribution in [0, 0.1) is 0 Å². The Morgan fingerprint density at radius 2 is 1.75 bits per heavy atom. The topological polar surface area (TPSA) is 42.3 Å². The molecule has 3 aromatic rings. The summed E-state index contributed by atoms with van der Waals surface area (Å²) in [6.45, 7) is 0.399. The van der Waals surface area contributed by atoms with Gasteiger partial charge in [0.1, 0.15) is 0 Å². The van der Waals surface area contributed by atoms with Gasteiger partial charge in [0.2, 0.25) is 10.0 Å². The molecule has 0 radical (unpaired) electrons. The van der Waals surface area contributed by atoms with E-state index in [2.05, 4.69) is 0 Å². The Hall–Kier alpha value is -2.10. The molecule has 0 unspecified atom stereocenters. The standard InChI is InChI=1S/C19H19F3N2O2S2/c1-23-10-2-4-17(23)12-24(13-18-5-3-11-27-18)28(25,26)14-15-6-8-16(9-7-15)19(20,21)22/h2-11H,12-14H2,1H3. The Kier molecular flexibility index (Phi) is 5.97. The third-order valence-electron chi connectivity index (χ3n) is 4.33. The molecule has 2 heterocycles. The quantitative estimate of drug-likeness (QED) is 0.550. The molecule has 0 atom stereocenters. The molecule has 0 fully saturated rings. The largest absolute Gasteiger partial charge is 0.416 e. The highest BCUT2D eigenvalue weighted by Crippen LogP contribution is 2.29. The van der Waals surface area contributed by atoms with Gasteiger partial charge in [0.05, 0.1) is 17.9 Å². The first-order chi connectivity index (χ1) is 13.1. The number of hydrogen-bond acceptors (Lipinski definition) is 3. The van der Waals surface area contributed by atoms with Gasteiger partial charge in [-0.15, -0.1) is 11.3 Å². The summed E-state index contributed by atoms with van der Waals surface area (Å²) in [7, 11) is -1.91. The van der Waals surface area contributed by atoms with Crippen molar-refractivity contribution >= 4 is 21.4 Å². The summed E-state index contributed by atoms with van der Waals surface area (Å²) < 4.78 is 67.5. The summed E-state index contributed by atoms with van der Waals surface area (Å²) >= 11 is 1.46. The summed E-state index contributed by atoms with van der Waals surface area (Å²) in [6, 6.07) is 11.6. The van der Waals surface area contributed by atoms with E-state index in [-0.39, 0.29) is 18.8 Å². The van der Waals surface area contributed by atoms with Gasteiger partial charge in [-0.2, -0.15) is 17.5 Å². The Morgan fingerprint density at radius 1 is 1.04 bits per heavy atom. The van der Waals surface area contributed by atoms with E-state index in [0.29, 0.717) is 5.56 Å². The maximum atomic E-state index is 13.0. The fourth-order valence-electron chi connectivity index (χ4n) is 2.76. The summed E-state index contributed by atoms with van der Waals surface area (Å²) in [4.78, 5) is 0.894. The van der Waals surface area contributed by atoms with Gasteiger partial charge in [0.25, 0.3) is 0 Å². The van der Waals surface area contributed by atoms with Crippen molar-refractivity contribution in [2.24, 2.45) is 7.05 Å². The maximum Gasteiger partial charge on any atom is 0.416 e. The molecule has 4 nitrogen and oxygen atoms in total. The van der Waals surface area contributed by atoms with Crippen molar-refractivity contribution in [2.45, 2.75) is 25.0 Å². The van der Waals surface area contributed by atoms with Crippen molar-refractivity contribution in [2.75, 3.05) is 0 Å². The molecule has 0 saturated heterocycles. The molecule has 0 aliphatic rings. The highest BCUT2D eigenvalue weighted by atomic mass is 32.2. The fourth-order valence-corrected chi connectivity index (χ4v) is 5.02. The molecule has 3 rings (SSSR count). The first-order valence-electron chi connectivity index (χ1n) is 8.42. The highest BCUT2D eigenvalue weighted by Gasteiger charge is 2.30. The molecule has 0 aliphatic heterocycles. The van der Waals surface area contributed by atoms with E-state index in [1.807, 2.05) is 47.5 Å². The van der Waals surface area contributed by atoms with E-state index in [0.717, 1.165) is 22.7 Å². The van der Waals surface area contributed by atoms with Crippen LogP contribution in [-0.4, -0.2) is 17.3 Å². The van der Waals surface area contributed by atoms with Crippen LogP contribution in [0.15, 0.2) is 60.1 Å². The number of benzene rings is 1. The molecule has 0 spiro atoms. The number of halogens is 3. The van der Waals surface area contributed by atoms with E-state index >= 15 is 0 Å². The van der Waals surface area contributed by atoms with Gasteiger partial charge in [-0.3, -0.25) is 0 Å². The van der Waals surface area contributed by atoms with Gasteiger partial charge in [-0.1, -0.05) is 18.2 Å². The molecule has 0 N–H and O–H groups in total. The van der Waals surface area contributed by atoms with Crippen molar-refractivity contribution in [3.05, 3.63) is 81.8 Å². The van der Waals surface area contributed by atoms with Crippen molar-refractivity contribution in [3.63, 3.8) is 0 Å². The number of thiophene rings is 1. The molecule has 9 heteroatoms. The van der Waals surface area contributed by atoms with Crippen molar-refractivity contribution in [3.8, 4) is 0 Å². The fraction of sp³-hybridized carbons (Fsp3) is 0.263. The SMILES string of the molecule is Cn1cccc1CN(Cc1cccs1)S(=O)(=O)Cc1ccc(C(F)(F)F)cc1. The number of rotatable bonds is 7. The zero-order chi connectivity index (χ0) is 20.4. The summed E-state index contributed by atoms with van der Waals surface area (Å²) in [5.74, 6) is -0.360. The molecule has 0 bridgehead atoms. The molecule has 0 amide bonds. The Morgan fingerprint density at radius 3 is 2.29 bits per heavy atom. The van der Waals surface area contributed by atoms with E-state index in [1.54, 1.807) is 0 Å². The maximum absolute atomic E-state index is 13.0. The average molecular weight is 429 g/mol. The molecule has 150 valence electrons. The minimum Gasteiger partial charge on any atom is -0.353 e. The number of aromatic nitrogens is 1. The van der Waals surface area contributed by atoms with Crippen molar-refractivity contribution < 1.29 is 21.6 Å². The van der Waals surface area contributed by atoms with Crippen LogP contribution in [0.1, 0.15) is 21.7 Å². The lowest BCUT2D eigenvalue weighted by Crippen LogP contribution is -2.31. The van der Waals surface area contributed by atoms with E-state index in [1.165, 1.54) is 27.8 Å². The lowest BCUT2D eigenvalue weighted by atomic mass is 10.1. The summed E-state index contributed by atoms with van der Waals surface area (Å²) in [6.07, 6.45) is -2.61. The molecule has 0 saturated carbocycles. The zero-order valence-corrected chi connectivity index (χ0v) is 16.7. The third kappa shape index (κ3) is 5.03. The van der Waals surface area contributed by atoms with E-state index in [9.17, 15) is 21.6 Å². The zero-order valence-electron chi connectivity index (χ0n) is 15.1. The lowest BCUT2D eigenvalue weighted by Gasteiger charge is -2.22. The number of hydrogen-bond donors (Lipinski definition) is 0. The second kappa shape index (κ2) is 8.10. The first kappa shape index (κ1) is 20.6. The van der Waals surface area contributed by atoms with Crippen LogP contribution < -0.4 is 0 Å². The predicted molar refractivity (Wildman–Crippen MR) is 103 cm³/mol. The average Bonchev–Trinajstić information content (AvgIpc) is 3.26. The predicted octanol–water partition coefficient (Wildman–Crippen LogP) is 4.64. The van der Waals surface area contributed by atoms with E-state index in [4.69, 9.17) is 0 Å². The first-order valence-corrected chi connectivity index (χ1v) is 10.9. The van der Waals surface area contributed by atoms with Crippen LogP contribution in [0.3, 0.4) is 0 Å². The van der Waals surface area contributed by atoms with Gasteiger partial charge in [-0.05, 0) is 41.3 Å². The number of sulfonamides is 1. The number of nitrogens with zero attached hydrogens (tertiary/aromatic N) is 2. The summed E-state index contributed by atoms with van der Waals surface area (Å²) in [5.41, 5.74) is 0.344. The van der Waals surface area contributed by atoms with Gasteiger partial charge < -0.3 is 4.57 Å². The van der Waals surface area contributed by atoms with Gasteiger partial charge >= 0.3 is 6.18 Å². The second-order valence-corrected chi connectivity index (χ2v) is 9.41. The Balaban J connectivity index is 1.83. The smallest absolute Gasteiger partial charge is 0.353 e. The number of alkyl halides is 3. The monoisotopic (exact) mass is 428 g/mol. The molecular weight excluding hydrogens is 409 g/mol. The van der Waals surface area contributed by atoms with Crippen LogP contribution in [-0.2, 0) is 42.1 Å². The van der Waals surface area contributed by atoms with Gasteiger partial charge in [0, 0.05) is 30.4 Å². The van der Waals surface area contributed by atoms with Gasteiger partial charge in [0.15, 0.2) is 0 Å². The minimum atomic E-state index is -4.45. The number of aryl methyl sites for hydroxylation is 1. The molecule has 0 aliphatic carbocycles. The van der Waals surface area contributed by atoms with Crippen molar-refractivity contribution in [1.29, 1.82) is 0 Å². The Labute approximate surface area is 165 Å². The normalized spacial score (nSPS) is 12.6. The minimum absolute atomic E-state index is 0.185. The highest BCUT2D eigenvalue weighted by molar-refractivity contribution is 7.88. The van der Waals surface area contributed by atoms with Crippen LogP contribution in [0.2, 0.25) is 0 Å². The lowest BCUT2D eigenvalue weighted by molar-refractivity contribution is -0.137. The second-order valence-electron chi connectivity index (χ2n) is 6.41. The van der Waals surface area contributed by atoms with Gasteiger partial charge in [-0.25, -0.2) is 8.42 Å². The third-order valence-corrected chi connectivity index (χ3v) is 6.93.